The molecule has 1 saturated carbocycles. The van der Waals surface area contributed by atoms with Gasteiger partial charge in [-0.25, -0.2) is 0 Å². The highest BCUT2D eigenvalue weighted by molar-refractivity contribution is 5.14. The lowest BCUT2D eigenvalue weighted by atomic mass is 9.91. The van der Waals surface area contributed by atoms with Gasteiger partial charge in [0.05, 0.1) is 0 Å². The molecule has 1 aromatic rings. The van der Waals surface area contributed by atoms with Crippen LogP contribution in [0.2, 0.25) is 0 Å². The van der Waals surface area contributed by atoms with E-state index in [1.165, 1.54) is 44.1 Å². The molecule has 1 aliphatic carbocycles. The van der Waals surface area contributed by atoms with Gasteiger partial charge in [0.25, 0.3) is 0 Å². The van der Waals surface area contributed by atoms with Gasteiger partial charge >= 0.3 is 0 Å². The molecule has 1 aromatic carbocycles. The van der Waals surface area contributed by atoms with Crippen molar-refractivity contribution in [1.82, 2.24) is 10.2 Å². The number of rotatable bonds is 4. The third-order valence-electron chi connectivity index (χ3n) is 4.30. The molecule has 106 valence electrons. The van der Waals surface area contributed by atoms with Crippen LogP contribution in [0.5, 0.6) is 0 Å². The van der Waals surface area contributed by atoms with E-state index in [2.05, 4.69) is 54.6 Å². The molecule has 1 aliphatic rings. The van der Waals surface area contributed by atoms with Gasteiger partial charge in [0.15, 0.2) is 0 Å². The largest absolute Gasteiger partial charge is 0.308 e. The fourth-order valence-corrected chi connectivity index (χ4v) is 3.17. The lowest BCUT2D eigenvalue weighted by molar-refractivity contribution is 0.191. The normalized spacial score (nSPS) is 25.0. The lowest BCUT2D eigenvalue weighted by Gasteiger charge is -2.35. The minimum Gasteiger partial charge on any atom is -0.308 e. The minimum absolute atomic E-state index is 0.635. The van der Waals surface area contributed by atoms with Crippen LogP contribution in [0.15, 0.2) is 30.3 Å². The Labute approximate surface area is 118 Å². The molecule has 2 heteroatoms. The molecule has 1 fully saturated rings. The van der Waals surface area contributed by atoms with E-state index in [-0.39, 0.29) is 0 Å². The summed E-state index contributed by atoms with van der Waals surface area (Å²) in [5.74, 6) is 0. The molecule has 0 radical (unpaired) electrons. The molecule has 2 nitrogen and oxygen atoms in total. The topological polar surface area (TPSA) is 15.3 Å². The van der Waals surface area contributed by atoms with E-state index in [1.807, 2.05) is 0 Å². The van der Waals surface area contributed by atoms with E-state index in [9.17, 15) is 0 Å². The van der Waals surface area contributed by atoms with E-state index in [1.54, 1.807) is 0 Å². The molecule has 19 heavy (non-hydrogen) atoms. The number of hydrogen-bond donors (Lipinski definition) is 1. The summed E-state index contributed by atoms with van der Waals surface area (Å²) in [5.41, 5.74) is 1.39. The van der Waals surface area contributed by atoms with Gasteiger partial charge in [0, 0.05) is 18.6 Å². The highest BCUT2D eigenvalue weighted by Crippen LogP contribution is 2.21. The smallest absolute Gasteiger partial charge is 0.0243 e. The lowest BCUT2D eigenvalue weighted by Crippen LogP contribution is -2.47. The Kier molecular flexibility index (Phi) is 5.87. The molecule has 0 heterocycles. The first kappa shape index (κ1) is 14.5. The van der Waals surface area contributed by atoms with Gasteiger partial charge in [-0.15, -0.1) is 0 Å². The summed E-state index contributed by atoms with van der Waals surface area (Å²) < 4.78 is 0. The number of nitrogens with one attached hydrogen (secondary N) is 1. The van der Waals surface area contributed by atoms with E-state index in [0.717, 1.165) is 6.54 Å². The van der Waals surface area contributed by atoms with Crippen LogP contribution < -0.4 is 5.32 Å². The predicted molar refractivity (Wildman–Crippen MR) is 82.2 cm³/mol. The summed E-state index contributed by atoms with van der Waals surface area (Å²) in [7, 11) is 4.45. The van der Waals surface area contributed by atoms with Crippen molar-refractivity contribution < 1.29 is 0 Å². The quantitative estimate of drug-likeness (QED) is 0.892. The van der Waals surface area contributed by atoms with Gasteiger partial charge in [0.2, 0.25) is 0 Å². The zero-order valence-corrected chi connectivity index (χ0v) is 12.4. The highest BCUT2D eigenvalue weighted by Gasteiger charge is 2.23. The summed E-state index contributed by atoms with van der Waals surface area (Å²) >= 11 is 0. The van der Waals surface area contributed by atoms with Crippen molar-refractivity contribution in [2.75, 3.05) is 14.1 Å². The molecule has 0 unspecified atom stereocenters. The van der Waals surface area contributed by atoms with Gasteiger partial charge in [0.1, 0.15) is 0 Å². The average Bonchev–Trinajstić information content (AvgIpc) is 2.38. The van der Waals surface area contributed by atoms with Gasteiger partial charge in [-0.05, 0) is 32.5 Å². The summed E-state index contributed by atoms with van der Waals surface area (Å²) in [6, 6.07) is 12.1. The predicted octanol–water partition coefficient (Wildman–Crippen LogP) is 3.43. The van der Waals surface area contributed by atoms with E-state index >= 15 is 0 Å². The molecule has 1 N–H and O–H groups in total. The van der Waals surface area contributed by atoms with Crippen LogP contribution in [0.1, 0.15) is 44.1 Å². The maximum absolute atomic E-state index is 3.80. The number of likely N-dealkylation sites (N-methyl/N-ethyl adjacent to an activating group) is 1. The van der Waals surface area contributed by atoms with Crippen LogP contribution in [0.25, 0.3) is 0 Å². The SMILES string of the molecule is CN(C)[C@@H]1CCCCCC[C@H]1NCc1ccccc1. The van der Waals surface area contributed by atoms with E-state index in [4.69, 9.17) is 0 Å². The third-order valence-corrected chi connectivity index (χ3v) is 4.30. The molecule has 2 rings (SSSR count). The van der Waals surface area contributed by atoms with Gasteiger partial charge in [-0.1, -0.05) is 56.0 Å². The second-order valence-corrected chi connectivity index (χ2v) is 6.00. The minimum atomic E-state index is 0.635. The van der Waals surface area contributed by atoms with Crippen molar-refractivity contribution in [2.24, 2.45) is 0 Å². The summed E-state index contributed by atoms with van der Waals surface area (Å²) in [5, 5.41) is 3.80. The molecule has 0 spiro atoms. The molecular weight excluding hydrogens is 232 g/mol. The second-order valence-electron chi connectivity index (χ2n) is 6.00. The Bertz CT molecular complexity index is 348. The van der Waals surface area contributed by atoms with Crippen LogP contribution in [-0.2, 0) is 6.54 Å². The fraction of sp³-hybridized carbons (Fsp3) is 0.647. The molecule has 0 bridgehead atoms. The van der Waals surface area contributed by atoms with Crippen LogP contribution in [-0.4, -0.2) is 31.1 Å². The zero-order chi connectivity index (χ0) is 13.5. The van der Waals surface area contributed by atoms with Crippen molar-refractivity contribution in [3.05, 3.63) is 35.9 Å². The molecule has 0 saturated heterocycles. The van der Waals surface area contributed by atoms with E-state index < -0.39 is 0 Å². The summed E-state index contributed by atoms with van der Waals surface area (Å²) in [6.45, 7) is 0.996. The van der Waals surface area contributed by atoms with Gasteiger partial charge in [-0.2, -0.15) is 0 Å². The molecular formula is C17H28N2. The van der Waals surface area contributed by atoms with Crippen molar-refractivity contribution in [3.63, 3.8) is 0 Å². The first-order valence-electron chi connectivity index (χ1n) is 7.71. The third kappa shape index (κ3) is 4.63. The van der Waals surface area contributed by atoms with E-state index in [0.29, 0.717) is 12.1 Å². The molecule has 0 aliphatic heterocycles. The van der Waals surface area contributed by atoms with Crippen LogP contribution in [0.4, 0.5) is 0 Å². The Morgan fingerprint density at radius 3 is 2.37 bits per heavy atom. The van der Waals surface area contributed by atoms with Crippen LogP contribution >= 0.6 is 0 Å². The number of hydrogen-bond acceptors (Lipinski definition) is 2. The van der Waals surface area contributed by atoms with Crippen molar-refractivity contribution in [3.8, 4) is 0 Å². The zero-order valence-electron chi connectivity index (χ0n) is 12.4. The molecule has 0 amide bonds. The van der Waals surface area contributed by atoms with Gasteiger partial charge in [-0.3, -0.25) is 0 Å². The highest BCUT2D eigenvalue weighted by atomic mass is 15.1. The van der Waals surface area contributed by atoms with Crippen molar-refractivity contribution >= 4 is 0 Å². The molecule has 2 atom stereocenters. The first-order valence-corrected chi connectivity index (χ1v) is 7.71. The standard InChI is InChI=1S/C17H28N2/c1-19(2)17-13-9-4-3-8-12-16(17)18-14-15-10-6-5-7-11-15/h5-7,10-11,16-18H,3-4,8-9,12-14H2,1-2H3/t16-,17-/m1/s1. The Morgan fingerprint density at radius 2 is 1.68 bits per heavy atom. The Morgan fingerprint density at radius 1 is 1.00 bits per heavy atom. The van der Waals surface area contributed by atoms with Crippen molar-refractivity contribution in [1.29, 1.82) is 0 Å². The maximum Gasteiger partial charge on any atom is 0.0243 e. The Balaban J connectivity index is 1.93. The number of benzene rings is 1. The molecule has 0 aromatic heterocycles. The van der Waals surface area contributed by atoms with Gasteiger partial charge < -0.3 is 10.2 Å². The first-order chi connectivity index (χ1) is 9.27. The van der Waals surface area contributed by atoms with Crippen LogP contribution in [0, 0.1) is 0 Å². The summed E-state index contributed by atoms with van der Waals surface area (Å²) in [6.07, 6.45) is 8.22. The van der Waals surface area contributed by atoms with Crippen molar-refractivity contribution in [2.45, 2.75) is 57.2 Å². The Hall–Kier alpha value is -0.860. The van der Waals surface area contributed by atoms with Crippen LogP contribution in [0.3, 0.4) is 0 Å². The fourth-order valence-electron chi connectivity index (χ4n) is 3.17. The monoisotopic (exact) mass is 260 g/mol. The maximum atomic E-state index is 3.80. The summed E-state index contributed by atoms with van der Waals surface area (Å²) in [4.78, 5) is 2.41. The second kappa shape index (κ2) is 7.66. The number of nitrogens with zero attached hydrogens (tertiary/aromatic N) is 1. The average molecular weight is 260 g/mol.